The Balaban J connectivity index is 2.94. The molecule has 1 aromatic rings. The van der Waals surface area contributed by atoms with Crippen LogP contribution in [0.25, 0.3) is 0 Å². The van der Waals surface area contributed by atoms with Gasteiger partial charge in [0.2, 0.25) is 0 Å². The monoisotopic (exact) mass is 241 g/mol. The highest BCUT2D eigenvalue weighted by Gasteiger charge is 2.17. The highest BCUT2D eigenvalue weighted by molar-refractivity contribution is 5.51. The molecule has 0 aromatic heterocycles. The Morgan fingerprint density at radius 1 is 1.29 bits per heavy atom. The maximum atomic E-state index is 9.23. The molecule has 0 aliphatic heterocycles. The van der Waals surface area contributed by atoms with E-state index in [4.69, 9.17) is 14.6 Å². The van der Waals surface area contributed by atoms with E-state index in [9.17, 15) is 5.11 Å². The SMILES string of the molecule is COc1cccc(N(CCO)C(CO)OC)c1. The van der Waals surface area contributed by atoms with Crippen LogP contribution >= 0.6 is 0 Å². The van der Waals surface area contributed by atoms with Crippen molar-refractivity contribution < 1.29 is 19.7 Å². The lowest BCUT2D eigenvalue weighted by Gasteiger charge is -2.31. The molecule has 0 heterocycles. The highest BCUT2D eigenvalue weighted by Crippen LogP contribution is 2.22. The predicted molar refractivity (Wildman–Crippen MR) is 65.3 cm³/mol. The molecule has 0 amide bonds. The second-order valence-corrected chi connectivity index (χ2v) is 3.49. The van der Waals surface area contributed by atoms with Crippen molar-refractivity contribution in [1.29, 1.82) is 0 Å². The van der Waals surface area contributed by atoms with Crippen molar-refractivity contribution in [1.82, 2.24) is 0 Å². The van der Waals surface area contributed by atoms with Gasteiger partial charge in [-0.05, 0) is 12.1 Å². The molecule has 0 radical (unpaired) electrons. The Labute approximate surface area is 101 Å². The van der Waals surface area contributed by atoms with Gasteiger partial charge in [0.15, 0.2) is 6.23 Å². The third-order valence-corrected chi connectivity index (χ3v) is 2.50. The number of aliphatic hydroxyl groups is 2. The molecule has 0 fully saturated rings. The molecule has 5 nitrogen and oxygen atoms in total. The van der Waals surface area contributed by atoms with E-state index in [0.29, 0.717) is 6.54 Å². The first-order valence-corrected chi connectivity index (χ1v) is 5.42. The first-order valence-electron chi connectivity index (χ1n) is 5.42. The number of aliphatic hydroxyl groups excluding tert-OH is 2. The van der Waals surface area contributed by atoms with Crippen LogP contribution in [0, 0.1) is 0 Å². The summed E-state index contributed by atoms with van der Waals surface area (Å²) < 4.78 is 10.3. The van der Waals surface area contributed by atoms with Gasteiger partial charge >= 0.3 is 0 Å². The quantitative estimate of drug-likeness (QED) is 0.679. The molecule has 1 unspecified atom stereocenters. The van der Waals surface area contributed by atoms with Crippen LogP contribution in [0.15, 0.2) is 24.3 Å². The second kappa shape index (κ2) is 7.11. The van der Waals surface area contributed by atoms with E-state index >= 15 is 0 Å². The average Bonchev–Trinajstić information content (AvgIpc) is 2.39. The number of hydrogen-bond donors (Lipinski definition) is 2. The van der Waals surface area contributed by atoms with E-state index in [0.717, 1.165) is 11.4 Å². The fourth-order valence-corrected chi connectivity index (χ4v) is 1.64. The van der Waals surface area contributed by atoms with Crippen LogP contribution in [0.2, 0.25) is 0 Å². The van der Waals surface area contributed by atoms with Crippen molar-refractivity contribution >= 4 is 5.69 Å². The molecule has 5 heteroatoms. The molecule has 0 spiro atoms. The van der Waals surface area contributed by atoms with Gasteiger partial charge in [0.05, 0.1) is 20.3 Å². The van der Waals surface area contributed by atoms with Gasteiger partial charge in [-0.2, -0.15) is 0 Å². The zero-order valence-electron chi connectivity index (χ0n) is 10.2. The maximum absolute atomic E-state index is 9.23. The van der Waals surface area contributed by atoms with Gasteiger partial charge in [0, 0.05) is 25.4 Å². The molecule has 1 rings (SSSR count). The van der Waals surface area contributed by atoms with Gasteiger partial charge in [0.25, 0.3) is 0 Å². The van der Waals surface area contributed by atoms with Crippen molar-refractivity contribution in [3.05, 3.63) is 24.3 Å². The summed E-state index contributed by atoms with van der Waals surface area (Å²) in [5.74, 6) is 0.721. The molecule has 0 saturated heterocycles. The first kappa shape index (κ1) is 13.8. The molecule has 0 saturated carbocycles. The van der Waals surface area contributed by atoms with Gasteiger partial charge in [-0.3, -0.25) is 0 Å². The summed E-state index contributed by atoms with van der Waals surface area (Å²) in [6.07, 6.45) is -0.478. The third-order valence-electron chi connectivity index (χ3n) is 2.50. The molecule has 96 valence electrons. The van der Waals surface area contributed by atoms with E-state index in [1.54, 1.807) is 12.0 Å². The summed E-state index contributed by atoms with van der Waals surface area (Å²) in [5, 5.41) is 18.3. The molecular formula is C12H19NO4. The lowest BCUT2D eigenvalue weighted by molar-refractivity contribution is 0.0441. The number of ether oxygens (including phenoxy) is 2. The molecule has 2 N–H and O–H groups in total. The first-order chi connectivity index (χ1) is 8.26. The highest BCUT2D eigenvalue weighted by atomic mass is 16.5. The summed E-state index contributed by atoms with van der Waals surface area (Å²) in [6.45, 7) is 0.219. The number of nitrogens with zero attached hydrogens (tertiary/aromatic N) is 1. The van der Waals surface area contributed by atoms with Crippen LogP contribution in [0.1, 0.15) is 0 Å². The Bertz CT molecular complexity index is 328. The molecule has 17 heavy (non-hydrogen) atoms. The average molecular weight is 241 g/mol. The topological polar surface area (TPSA) is 62.2 Å². The van der Waals surface area contributed by atoms with Crippen LogP contribution in [0.3, 0.4) is 0 Å². The molecule has 1 atom stereocenters. The second-order valence-electron chi connectivity index (χ2n) is 3.49. The van der Waals surface area contributed by atoms with Crippen LogP contribution in [-0.4, -0.2) is 50.4 Å². The number of benzene rings is 1. The predicted octanol–water partition coefficient (Wildman–Crippen LogP) is 0.459. The lowest BCUT2D eigenvalue weighted by Crippen LogP contribution is -2.41. The molecular weight excluding hydrogens is 222 g/mol. The van der Waals surface area contributed by atoms with Gasteiger partial charge in [-0.15, -0.1) is 0 Å². The van der Waals surface area contributed by atoms with Gasteiger partial charge in [-0.25, -0.2) is 0 Å². The number of anilines is 1. The molecule has 0 aliphatic carbocycles. The normalized spacial score (nSPS) is 12.2. The number of hydrogen-bond acceptors (Lipinski definition) is 5. The van der Waals surface area contributed by atoms with E-state index < -0.39 is 6.23 Å². The fraction of sp³-hybridized carbons (Fsp3) is 0.500. The Morgan fingerprint density at radius 2 is 2.06 bits per heavy atom. The summed E-state index contributed by atoms with van der Waals surface area (Å²) in [5.41, 5.74) is 0.833. The third kappa shape index (κ3) is 3.59. The maximum Gasteiger partial charge on any atom is 0.153 e. The lowest BCUT2D eigenvalue weighted by atomic mass is 10.2. The van der Waals surface area contributed by atoms with Crippen molar-refractivity contribution in [3.63, 3.8) is 0 Å². The van der Waals surface area contributed by atoms with Crippen LogP contribution < -0.4 is 9.64 Å². The fourth-order valence-electron chi connectivity index (χ4n) is 1.64. The van der Waals surface area contributed by atoms with Crippen LogP contribution in [0.4, 0.5) is 5.69 Å². The summed E-state index contributed by atoms with van der Waals surface area (Å²) in [7, 11) is 3.11. The van der Waals surface area contributed by atoms with Crippen molar-refractivity contribution in [2.75, 3.05) is 38.9 Å². The smallest absolute Gasteiger partial charge is 0.153 e. The van der Waals surface area contributed by atoms with E-state index in [1.807, 2.05) is 24.3 Å². The minimum absolute atomic E-state index is 0.0168. The Hall–Kier alpha value is -1.30. The largest absolute Gasteiger partial charge is 0.497 e. The number of methoxy groups -OCH3 is 2. The Morgan fingerprint density at radius 3 is 2.59 bits per heavy atom. The number of rotatable bonds is 7. The van der Waals surface area contributed by atoms with E-state index in [1.165, 1.54) is 7.11 Å². The summed E-state index contributed by atoms with van der Waals surface area (Å²) >= 11 is 0. The minimum Gasteiger partial charge on any atom is -0.497 e. The van der Waals surface area contributed by atoms with E-state index in [-0.39, 0.29) is 13.2 Å². The Kier molecular flexibility index (Phi) is 5.76. The summed E-state index contributed by atoms with van der Waals surface area (Å²) in [4.78, 5) is 1.78. The van der Waals surface area contributed by atoms with Crippen molar-refractivity contribution in [2.45, 2.75) is 6.23 Å². The minimum atomic E-state index is -0.478. The van der Waals surface area contributed by atoms with Crippen LogP contribution in [-0.2, 0) is 4.74 Å². The zero-order valence-corrected chi connectivity index (χ0v) is 10.2. The molecule has 0 aliphatic rings. The van der Waals surface area contributed by atoms with Gasteiger partial charge in [0.1, 0.15) is 5.75 Å². The summed E-state index contributed by atoms with van der Waals surface area (Å²) in [6, 6.07) is 7.39. The van der Waals surface area contributed by atoms with Crippen LogP contribution in [0.5, 0.6) is 5.75 Å². The van der Waals surface area contributed by atoms with Crippen molar-refractivity contribution in [3.8, 4) is 5.75 Å². The van der Waals surface area contributed by atoms with Gasteiger partial charge in [-0.1, -0.05) is 6.07 Å². The standard InChI is InChI=1S/C12H19NO4/c1-16-11-5-3-4-10(8-11)13(6-7-14)12(9-15)17-2/h3-5,8,12,14-15H,6-7,9H2,1-2H3. The molecule has 1 aromatic carbocycles. The van der Waals surface area contributed by atoms with Gasteiger partial charge < -0.3 is 24.6 Å². The zero-order chi connectivity index (χ0) is 12.7. The van der Waals surface area contributed by atoms with Crippen molar-refractivity contribution in [2.24, 2.45) is 0 Å². The van der Waals surface area contributed by atoms with E-state index in [2.05, 4.69) is 0 Å². The molecule has 0 bridgehead atoms.